The van der Waals surface area contributed by atoms with Crippen LogP contribution in [0, 0.1) is 23.2 Å². The normalized spacial score (nSPS) is 7.92. The highest BCUT2D eigenvalue weighted by Gasteiger charge is 1.97. The number of aromatic amines is 1. The standard InChI is InChI=1S/C9H4N2O2/c10-5-8-4-7(2-1-3-12)6-11-9(8)13/h3-4,6H,(H,11,13). The van der Waals surface area contributed by atoms with Crippen LogP contribution in [0.15, 0.2) is 17.1 Å². The number of carbonyl (C=O) groups excluding carboxylic acids is 1. The first kappa shape index (κ1) is 8.76. The van der Waals surface area contributed by atoms with Gasteiger partial charge in [-0.1, -0.05) is 5.92 Å². The lowest BCUT2D eigenvalue weighted by molar-refractivity contribution is -0.103. The molecule has 0 aliphatic rings. The number of aldehydes is 1. The van der Waals surface area contributed by atoms with Crippen LogP contribution < -0.4 is 5.56 Å². The van der Waals surface area contributed by atoms with Crippen LogP contribution in [0.25, 0.3) is 0 Å². The van der Waals surface area contributed by atoms with E-state index in [2.05, 4.69) is 16.8 Å². The summed E-state index contributed by atoms with van der Waals surface area (Å²) in [7, 11) is 0. The highest BCUT2D eigenvalue weighted by atomic mass is 16.1. The van der Waals surface area contributed by atoms with Gasteiger partial charge in [0.25, 0.3) is 5.56 Å². The summed E-state index contributed by atoms with van der Waals surface area (Å²) < 4.78 is 0. The maximum atomic E-state index is 10.9. The molecule has 62 valence electrons. The van der Waals surface area contributed by atoms with E-state index >= 15 is 0 Å². The van der Waals surface area contributed by atoms with Crippen LogP contribution in [0.1, 0.15) is 11.1 Å². The number of rotatable bonds is 0. The summed E-state index contributed by atoms with van der Waals surface area (Å²) in [6.45, 7) is 0. The van der Waals surface area contributed by atoms with Crippen LogP contribution in [0.4, 0.5) is 0 Å². The smallest absolute Gasteiger partial charge is 0.265 e. The van der Waals surface area contributed by atoms with Gasteiger partial charge in [0.1, 0.15) is 11.6 Å². The fourth-order valence-electron chi connectivity index (χ4n) is 0.752. The molecular weight excluding hydrogens is 168 g/mol. The third-order valence-electron chi connectivity index (χ3n) is 1.30. The summed E-state index contributed by atoms with van der Waals surface area (Å²) in [4.78, 5) is 23.1. The van der Waals surface area contributed by atoms with Crippen molar-refractivity contribution in [2.75, 3.05) is 0 Å². The summed E-state index contributed by atoms with van der Waals surface area (Å²) >= 11 is 0. The minimum atomic E-state index is -0.459. The molecule has 4 heteroatoms. The highest BCUT2D eigenvalue weighted by molar-refractivity contribution is 5.73. The average molecular weight is 172 g/mol. The molecule has 0 fully saturated rings. The van der Waals surface area contributed by atoms with Crippen molar-refractivity contribution in [3.05, 3.63) is 33.7 Å². The van der Waals surface area contributed by atoms with Crippen molar-refractivity contribution >= 4 is 6.29 Å². The van der Waals surface area contributed by atoms with E-state index in [1.165, 1.54) is 12.3 Å². The molecule has 0 atom stereocenters. The van der Waals surface area contributed by atoms with Crippen molar-refractivity contribution in [1.29, 1.82) is 5.26 Å². The molecule has 4 nitrogen and oxygen atoms in total. The van der Waals surface area contributed by atoms with Gasteiger partial charge >= 0.3 is 0 Å². The highest BCUT2D eigenvalue weighted by Crippen LogP contribution is 1.94. The Morgan fingerprint density at radius 2 is 2.31 bits per heavy atom. The summed E-state index contributed by atoms with van der Waals surface area (Å²) in [5.74, 6) is 4.63. The molecule has 0 aliphatic carbocycles. The van der Waals surface area contributed by atoms with Crippen LogP contribution in [0.5, 0.6) is 0 Å². The minimum absolute atomic E-state index is 0.0160. The first-order valence-electron chi connectivity index (χ1n) is 3.36. The molecule has 0 aliphatic heterocycles. The predicted octanol–water partition coefficient (Wildman–Crippen LogP) is -0.203. The molecule has 0 bridgehead atoms. The second kappa shape index (κ2) is 3.89. The summed E-state index contributed by atoms with van der Waals surface area (Å²) in [6.07, 6.45) is 1.79. The van der Waals surface area contributed by atoms with Gasteiger partial charge in [0.05, 0.1) is 0 Å². The average Bonchev–Trinajstić information content (AvgIpc) is 2.16. The second-order valence-electron chi connectivity index (χ2n) is 2.13. The lowest BCUT2D eigenvalue weighted by Gasteiger charge is -1.89. The summed E-state index contributed by atoms with van der Waals surface area (Å²) in [6, 6.07) is 3.04. The van der Waals surface area contributed by atoms with E-state index in [-0.39, 0.29) is 5.56 Å². The Bertz CT molecular complexity index is 483. The van der Waals surface area contributed by atoms with Gasteiger partial charge in [-0.15, -0.1) is 0 Å². The number of H-pyrrole nitrogens is 1. The van der Waals surface area contributed by atoms with Crippen molar-refractivity contribution in [2.24, 2.45) is 0 Å². The number of pyridine rings is 1. The summed E-state index contributed by atoms with van der Waals surface area (Å²) in [5.41, 5.74) is -0.0416. The van der Waals surface area contributed by atoms with Crippen LogP contribution in [0.2, 0.25) is 0 Å². The molecule has 0 aromatic carbocycles. The van der Waals surface area contributed by atoms with E-state index in [1.807, 2.05) is 0 Å². The van der Waals surface area contributed by atoms with Crippen molar-refractivity contribution < 1.29 is 4.79 Å². The SMILES string of the molecule is N#Cc1cc(C#CC=O)c[nH]c1=O. The Hall–Kier alpha value is -2.33. The largest absolute Gasteiger partial charge is 0.327 e. The number of nitrogens with zero attached hydrogens (tertiary/aromatic N) is 1. The quantitative estimate of drug-likeness (QED) is 0.435. The van der Waals surface area contributed by atoms with E-state index < -0.39 is 5.56 Å². The van der Waals surface area contributed by atoms with Crippen molar-refractivity contribution in [3.63, 3.8) is 0 Å². The van der Waals surface area contributed by atoms with E-state index in [0.717, 1.165) is 0 Å². The molecule has 0 unspecified atom stereocenters. The fraction of sp³-hybridized carbons (Fsp3) is 0. The Labute approximate surface area is 73.8 Å². The molecule has 1 heterocycles. The van der Waals surface area contributed by atoms with Gasteiger partial charge in [0.2, 0.25) is 0 Å². The van der Waals surface area contributed by atoms with Gasteiger partial charge < -0.3 is 4.98 Å². The Kier molecular flexibility index (Phi) is 2.62. The topological polar surface area (TPSA) is 73.7 Å². The number of hydrogen-bond acceptors (Lipinski definition) is 3. The monoisotopic (exact) mass is 172 g/mol. The van der Waals surface area contributed by atoms with E-state index in [4.69, 9.17) is 5.26 Å². The van der Waals surface area contributed by atoms with Crippen molar-refractivity contribution in [2.45, 2.75) is 0 Å². The van der Waals surface area contributed by atoms with E-state index in [0.29, 0.717) is 11.8 Å². The van der Waals surface area contributed by atoms with Gasteiger partial charge in [0, 0.05) is 11.8 Å². The van der Waals surface area contributed by atoms with Crippen molar-refractivity contribution in [3.8, 4) is 17.9 Å². The maximum Gasteiger partial charge on any atom is 0.265 e. The number of nitrogens with one attached hydrogen (secondary N) is 1. The van der Waals surface area contributed by atoms with Gasteiger partial charge in [0.15, 0.2) is 6.29 Å². The van der Waals surface area contributed by atoms with Crippen LogP contribution >= 0.6 is 0 Å². The zero-order chi connectivity index (χ0) is 9.68. The first-order chi connectivity index (χ1) is 6.27. The number of nitriles is 1. The molecule has 13 heavy (non-hydrogen) atoms. The Morgan fingerprint density at radius 1 is 1.54 bits per heavy atom. The Morgan fingerprint density at radius 3 is 2.92 bits per heavy atom. The van der Waals surface area contributed by atoms with Gasteiger partial charge in [-0.3, -0.25) is 9.59 Å². The van der Waals surface area contributed by atoms with Gasteiger partial charge in [-0.05, 0) is 12.0 Å². The van der Waals surface area contributed by atoms with Crippen LogP contribution in [0.3, 0.4) is 0 Å². The third kappa shape index (κ3) is 2.05. The van der Waals surface area contributed by atoms with Crippen LogP contribution in [-0.2, 0) is 4.79 Å². The molecule has 0 saturated heterocycles. The lowest BCUT2D eigenvalue weighted by atomic mass is 10.2. The summed E-state index contributed by atoms with van der Waals surface area (Å²) in [5, 5.41) is 8.48. The van der Waals surface area contributed by atoms with Gasteiger partial charge in [-0.25, -0.2) is 0 Å². The third-order valence-corrected chi connectivity index (χ3v) is 1.30. The number of hydrogen-bond donors (Lipinski definition) is 1. The number of carbonyl (C=O) groups is 1. The Balaban J connectivity index is 3.23. The molecule has 1 rings (SSSR count). The second-order valence-corrected chi connectivity index (χ2v) is 2.13. The molecule has 0 spiro atoms. The molecule has 1 N–H and O–H groups in total. The van der Waals surface area contributed by atoms with Crippen molar-refractivity contribution in [1.82, 2.24) is 4.98 Å². The van der Waals surface area contributed by atoms with E-state index in [9.17, 15) is 9.59 Å². The first-order valence-corrected chi connectivity index (χ1v) is 3.36. The maximum absolute atomic E-state index is 10.9. The zero-order valence-electron chi connectivity index (χ0n) is 6.50. The van der Waals surface area contributed by atoms with Crippen LogP contribution in [-0.4, -0.2) is 11.3 Å². The fourth-order valence-corrected chi connectivity index (χ4v) is 0.752. The molecule has 1 aromatic rings. The number of aromatic nitrogens is 1. The zero-order valence-corrected chi connectivity index (χ0v) is 6.50. The minimum Gasteiger partial charge on any atom is -0.327 e. The predicted molar refractivity (Wildman–Crippen MR) is 44.7 cm³/mol. The molecule has 0 saturated carbocycles. The van der Waals surface area contributed by atoms with Gasteiger partial charge in [-0.2, -0.15) is 5.26 Å². The lowest BCUT2D eigenvalue weighted by Crippen LogP contribution is -2.09. The molecule has 1 aromatic heterocycles. The molecular formula is C9H4N2O2. The van der Waals surface area contributed by atoms with E-state index in [1.54, 1.807) is 6.07 Å². The molecule has 0 radical (unpaired) electrons. The molecule has 0 amide bonds.